The van der Waals surface area contributed by atoms with Crippen molar-refractivity contribution >= 4 is 0 Å². The van der Waals surface area contributed by atoms with Gasteiger partial charge in [0, 0.05) is 6.04 Å². The summed E-state index contributed by atoms with van der Waals surface area (Å²) in [5.41, 5.74) is 0. The summed E-state index contributed by atoms with van der Waals surface area (Å²) in [5.74, 6) is 0. The van der Waals surface area contributed by atoms with Crippen LogP contribution < -0.4 is 5.32 Å². The highest BCUT2D eigenvalue weighted by atomic mass is 16.6. The van der Waals surface area contributed by atoms with Crippen molar-refractivity contribution in [2.75, 3.05) is 6.61 Å². The van der Waals surface area contributed by atoms with E-state index in [4.69, 9.17) is 9.84 Å². The molecule has 0 aromatic rings. The molecule has 5 N–H and O–H groups in total. The number of hydrogen-bond acceptors (Lipinski definition) is 6. The molecule has 1 saturated heterocycles. The summed E-state index contributed by atoms with van der Waals surface area (Å²) in [6.07, 6.45) is -4.54. The molecule has 0 aromatic heterocycles. The van der Waals surface area contributed by atoms with E-state index in [0.29, 0.717) is 0 Å². The van der Waals surface area contributed by atoms with Gasteiger partial charge in [-0.05, 0) is 0 Å². The Balaban J connectivity index is 2.66. The van der Waals surface area contributed by atoms with Gasteiger partial charge in [0.2, 0.25) is 0 Å². The molecule has 1 aliphatic rings. The highest BCUT2D eigenvalue weighted by Crippen LogP contribution is 2.19. The molecule has 0 aromatic carbocycles. The molecular weight excluding hydrogens is 202 g/mol. The minimum atomic E-state index is -1.23. The molecule has 90 valence electrons. The Bertz CT molecular complexity index is 201. The van der Waals surface area contributed by atoms with Crippen LogP contribution in [0.3, 0.4) is 0 Å². The zero-order chi connectivity index (χ0) is 11.6. The van der Waals surface area contributed by atoms with E-state index in [9.17, 15) is 15.3 Å². The number of rotatable bonds is 3. The first kappa shape index (κ1) is 12.8. The highest BCUT2D eigenvalue weighted by Gasteiger charge is 2.43. The Kier molecular flexibility index (Phi) is 4.45. The molecule has 0 saturated carbocycles. The maximum absolute atomic E-state index is 9.69. The fourth-order valence-corrected chi connectivity index (χ4v) is 1.66. The van der Waals surface area contributed by atoms with Crippen molar-refractivity contribution in [2.24, 2.45) is 0 Å². The summed E-state index contributed by atoms with van der Waals surface area (Å²) in [6.45, 7) is 3.26. The summed E-state index contributed by atoms with van der Waals surface area (Å²) >= 11 is 0. The zero-order valence-electron chi connectivity index (χ0n) is 8.87. The van der Waals surface area contributed by atoms with Gasteiger partial charge in [-0.25, -0.2) is 0 Å². The lowest BCUT2D eigenvalue weighted by atomic mass is 9.96. The van der Waals surface area contributed by atoms with Crippen LogP contribution in [0.15, 0.2) is 0 Å². The third kappa shape index (κ3) is 2.87. The first-order chi connectivity index (χ1) is 6.97. The topological polar surface area (TPSA) is 102 Å². The summed E-state index contributed by atoms with van der Waals surface area (Å²) in [7, 11) is 0. The van der Waals surface area contributed by atoms with Crippen molar-refractivity contribution in [3.63, 3.8) is 0 Å². The molecule has 0 bridgehead atoms. The number of aliphatic hydroxyl groups is 4. The van der Waals surface area contributed by atoms with Gasteiger partial charge in [0.05, 0.1) is 12.6 Å². The minimum Gasteiger partial charge on any atom is -0.394 e. The molecule has 2 unspecified atom stereocenters. The van der Waals surface area contributed by atoms with Crippen LogP contribution in [-0.2, 0) is 4.74 Å². The van der Waals surface area contributed by atoms with E-state index in [2.05, 4.69) is 5.32 Å². The summed E-state index contributed by atoms with van der Waals surface area (Å²) in [4.78, 5) is 0. The van der Waals surface area contributed by atoms with Gasteiger partial charge in [0.15, 0.2) is 6.29 Å². The van der Waals surface area contributed by atoms with E-state index in [1.807, 2.05) is 13.8 Å². The fourth-order valence-electron chi connectivity index (χ4n) is 1.66. The van der Waals surface area contributed by atoms with Gasteiger partial charge in [-0.15, -0.1) is 0 Å². The van der Waals surface area contributed by atoms with Crippen molar-refractivity contribution in [1.29, 1.82) is 0 Å². The molecule has 6 heteroatoms. The second-order valence-corrected chi connectivity index (χ2v) is 4.08. The van der Waals surface area contributed by atoms with Crippen molar-refractivity contribution in [1.82, 2.24) is 5.32 Å². The molecule has 1 heterocycles. The average Bonchev–Trinajstić information content (AvgIpc) is 2.18. The lowest BCUT2D eigenvalue weighted by molar-refractivity contribution is -0.255. The van der Waals surface area contributed by atoms with E-state index >= 15 is 0 Å². The Morgan fingerprint density at radius 2 is 1.80 bits per heavy atom. The van der Waals surface area contributed by atoms with Crippen molar-refractivity contribution in [3.8, 4) is 0 Å². The second-order valence-electron chi connectivity index (χ2n) is 4.08. The predicted octanol–water partition coefficient (Wildman–Crippen LogP) is -2.22. The number of hydrogen-bond donors (Lipinski definition) is 5. The lowest BCUT2D eigenvalue weighted by Gasteiger charge is -2.41. The molecule has 0 spiro atoms. The number of nitrogens with one attached hydrogen (secondary N) is 1. The van der Waals surface area contributed by atoms with E-state index in [-0.39, 0.29) is 6.04 Å². The summed E-state index contributed by atoms with van der Waals surface area (Å²) < 4.78 is 4.96. The molecule has 1 aliphatic heterocycles. The maximum atomic E-state index is 9.69. The first-order valence-corrected chi connectivity index (χ1v) is 5.04. The van der Waals surface area contributed by atoms with E-state index in [0.717, 1.165) is 0 Å². The van der Waals surface area contributed by atoms with Crippen LogP contribution in [0.2, 0.25) is 0 Å². The van der Waals surface area contributed by atoms with Crippen LogP contribution in [-0.4, -0.2) is 63.7 Å². The smallest absolute Gasteiger partial charge is 0.173 e. The maximum Gasteiger partial charge on any atom is 0.173 e. The zero-order valence-corrected chi connectivity index (χ0v) is 8.87. The third-order valence-electron chi connectivity index (χ3n) is 2.43. The highest BCUT2D eigenvalue weighted by molar-refractivity contribution is 4.93. The summed E-state index contributed by atoms with van der Waals surface area (Å²) in [6, 6.07) is -0.705. The molecule has 5 atom stereocenters. The van der Waals surface area contributed by atoms with E-state index < -0.39 is 37.3 Å². The van der Waals surface area contributed by atoms with Crippen LogP contribution in [0.1, 0.15) is 13.8 Å². The van der Waals surface area contributed by atoms with Gasteiger partial charge in [-0.1, -0.05) is 13.8 Å². The molecule has 15 heavy (non-hydrogen) atoms. The van der Waals surface area contributed by atoms with Gasteiger partial charge in [-0.2, -0.15) is 0 Å². The van der Waals surface area contributed by atoms with Gasteiger partial charge < -0.3 is 30.5 Å². The molecule has 0 radical (unpaired) electrons. The standard InChI is InChI=1S/C9H19NO5/c1-4(2)10-6-8(13)7(12)5(3-11)15-9(6)14/h4-14H,3H2,1-2H3/t5?,6?,7-,8+,9-/m1/s1. The minimum absolute atomic E-state index is 0.0424. The Morgan fingerprint density at radius 3 is 2.27 bits per heavy atom. The SMILES string of the molecule is CC(C)NC1[C@H](O)OC(CO)[C@@H](O)[C@H]1O. The van der Waals surface area contributed by atoms with Crippen LogP contribution in [0, 0.1) is 0 Å². The van der Waals surface area contributed by atoms with Gasteiger partial charge in [0.1, 0.15) is 18.3 Å². The van der Waals surface area contributed by atoms with Crippen LogP contribution in [0.5, 0.6) is 0 Å². The number of ether oxygens (including phenoxy) is 1. The molecular formula is C9H19NO5. The quantitative estimate of drug-likeness (QED) is 0.370. The Hall–Kier alpha value is -0.240. The van der Waals surface area contributed by atoms with Crippen molar-refractivity contribution in [2.45, 2.75) is 50.5 Å². The normalized spacial score (nSPS) is 42.2. The monoisotopic (exact) mass is 221 g/mol. The summed E-state index contributed by atoms with van der Waals surface area (Å²) in [5, 5.41) is 40.5. The largest absolute Gasteiger partial charge is 0.394 e. The van der Waals surface area contributed by atoms with E-state index in [1.54, 1.807) is 0 Å². The van der Waals surface area contributed by atoms with Crippen molar-refractivity contribution < 1.29 is 25.2 Å². The second kappa shape index (κ2) is 5.20. The lowest BCUT2D eigenvalue weighted by Crippen LogP contribution is -2.64. The fraction of sp³-hybridized carbons (Fsp3) is 1.00. The molecule has 0 aliphatic carbocycles. The number of aliphatic hydroxyl groups excluding tert-OH is 4. The van der Waals surface area contributed by atoms with Crippen LogP contribution in [0.25, 0.3) is 0 Å². The molecule has 0 amide bonds. The van der Waals surface area contributed by atoms with Gasteiger partial charge >= 0.3 is 0 Å². The van der Waals surface area contributed by atoms with Crippen LogP contribution >= 0.6 is 0 Å². The molecule has 1 fully saturated rings. The Labute approximate surface area is 88.5 Å². The van der Waals surface area contributed by atoms with Crippen molar-refractivity contribution in [3.05, 3.63) is 0 Å². The Morgan fingerprint density at radius 1 is 1.20 bits per heavy atom. The average molecular weight is 221 g/mol. The third-order valence-corrected chi connectivity index (χ3v) is 2.43. The van der Waals surface area contributed by atoms with Gasteiger partial charge in [0.25, 0.3) is 0 Å². The molecule has 6 nitrogen and oxygen atoms in total. The van der Waals surface area contributed by atoms with E-state index in [1.165, 1.54) is 0 Å². The predicted molar refractivity (Wildman–Crippen MR) is 52.0 cm³/mol. The first-order valence-electron chi connectivity index (χ1n) is 5.04. The molecule has 1 rings (SSSR count). The van der Waals surface area contributed by atoms with Crippen LogP contribution in [0.4, 0.5) is 0 Å². The van der Waals surface area contributed by atoms with Gasteiger partial charge in [-0.3, -0.25) is 0 Å².